The van der Waals surface area contributed by atoms with Gasteiger partial charge >= 0.3 is 5.97 Å². The zero-order chi connectivity index (χ0) is 36.9. The number of hydrogen-bond acceptors (Lipinski definition) is 8. The highest BCUT2D eigenvalue weighted by Gasteiger charge is 2.77. The molecule has 51 heavy (non-hydrogen) atoms. The van der Waals surface area contributed by atoms with Crippen LogP contribution >= 0.6 is 15.9 Å². The van der Waals surface area contributed by atoms with E-state index in [1.807, 2.05) is 50.2 Å². The Morgan fingerprint density at radius 3 is 2.47 bits per heavy atom. The van der Waals surface area contributed by atoms with Gasteiger partial charge in [-0.25, -0.2) is 0 Å². The molecule has 2 aromatic rings. The highest BCUT2D eigenvalue weighted by Crippen LogP contribution is 2.60. The molecule has 0 aromatic heterocycles. The third-order valence-electron chi connectivity index (χ3n) is 10.1. The molecule has 0 radical (unpaired) electrons. The number of amides is 3. The minimum Gasteiger partial charge on any atom is -0.455 e. The predicted octanol–water partition coefficient (Wildman–Crippen LogP) is 4.33. The molecule has 5 rings (SSSR count). The number of hydrogen-bond donors (Lipinski definition) is 2. The number of fused-ring (bicyclic) bond motifs is 1. The van der Waals surface area contributed by atoms with E-state index in [1.165, 1.54) is 12.0 Å². The number of para-hydroxylation sites is 1. The van der Waals surface area contributed by atoms with Crippen molar-refractivity contribution in [1.82, 2.24) is 10.2 Å². The number of aliphatic hydroxyl groups excluding tert-OH is 1. The maximum Gasteiger partial charge on any atom is 0.313 e. The third-order valence-corrected chi connectivity index (χ3v) is 11.0. The van der Waals surface area contributed by atoms with E-state index in [0.29, 0.717) is 18.4 Å². The van der Waals surface area contributed by atoms with E-state index in [2.05, 4.69) is 34.4 Å². The van der Waals surface area contributed by atoms with Crippen LogP contribution in [0, 0.1) is 25.7 Å². The number of rotatable bonds is 17. The second kappa shape index (κ2) is 16.7. The summed E-state index contributed by atoms with van der Waals surface area (Å²) in [5, 5.41) is 12.8. The highest BCUT2D eigenvalue weighted by molar-refractivity contribution is 9.09. The Morgan fingerprint density at radius 2 is 1.84 bits per heavy atom. The maximum atomic E-state index is 14.9. The Morgan fingerprint density at radius 1 is 1.14 bits per heavy atom. The third kappa shape index (κ3) is 7.42. The zero-order valence-corrected chi connectivity index (χ0v) is 31.0. The predicted molar refractivity (Wildman–Crippen MR) is 196 cm³/mol. The van der Waals surface area contributed by atoms with Gasteiger partial charge in [0, 0.05) is 43.7 Å². The monoisotopic (exact) mass is 765 g/mol. The number of carbonyl (C=O) groups is 4. The Balaban J connectivity index is 1.53. The van der Waals surface area contributed by atoms with Crippen molar-refractivity contribution >= 4 is 45.3 Å². The SMILES string of the molecule is C=CCCC(=O)N[C@@H](COC)[C@@H](OC(=O)[C@@H]1[C@H]2O[C@@]3(CC2Br)[C@H](C(=O)N(CC=C)c2c(C)cccc2C)N(CCCO)C(=O)[C@@H]13)c1ccccc1. The minimum absolute atomic E-state index is 0.0492. The highest BCUT2D eigenvalue weighted by atomic mass is 79.9. The van der Waals surface area contributed by atoms with Gasteiger partial charge in [0.25, 0.3) is 5.91 Å². The summed E-state index contributed by atoms with van der Waals surface area (Å²) < 4.78 is 18.5. The van der Waals surface area contributed by atoms with E-state index in [1.54, 1.807) is 29.2 Å². The lowest BCUT2D eigenvalue weighted by Crippen LogP contribution is -2.57. The maximum absolute atomic E-state index is 14.9. The van der Waals surface area contributed by atoms with Crippen LogP contribution in [-0.2, 0) is 33.4 Å². The Hall–Kier alpha value is -3.84. The Bertz CT molecular complexity index is 1600. The zero-order valence-electron chi connectivity index (χ0n) is 29.5. The van der Waals surface area contributed by atoms with Gasteiger partial charge in [0.05, 0.1) is 30.6 Å². The molecule has 3 aliphatic rings. The number of likely N-dealkylation sites (tertiary alicyclic amines) is 1. The van der Waals surface area contributed by atoms with Gasteiger partial charge in [-0.1, -0.05) is 76.6 Å². The molecule has 11 nitrogen and oxygen atoms in total. The van der Waals surface area contributed by atoms with Crippen molar-refractivity contribution in [1.29, 1.82) is 0 Å². The van der Waals surface area contributed by atoms with Crippen LogP contribution in [0.3, 0.4) is 0 Å². The molecule has 2 bridgehead atoms. The number of allylic oxidation sites excluding steroid dienone is 1. The topological polar surface area (TPSA) is 135 Å². The number of ether oxygens (including phenoxy) is 3. The summed E-state index contributed by atoms with van der Waals surface area (Å²) in [6.07, 6.45) is 2.81. The quantitative estimate of drug-likeness (QED) is 0.138. The number of benzene rings is 2. The van der Waals surface area contributed by atoms with Crippen molar-refractivity contribution in [2.45, 2.75) is 74.3 Å². The largest absolute Gasteiger partial charge is 0.455 e. The van der Waals surface area contributed by atoms with Crippen LogP contribution in [-0.4, -0.2) is 95.7 Å². The van der Waals surface area contributed by atoms with Gasteiger partial charge in [0.1, 0.15) is 17.7 Å². The summed E-state index contributed by atoms with van der Waals surface area (Å²) in [5.74, 6) is -3.74. The lowest BCUT2D eigenvalue weighted by atomic mass is 9.70. The summed E-state index contributed by atoms with van der Waals surface area (Å²) in [6.45, 7) is 11.6. The van der Waals surface area contributed by atoms with Gasteiger partial charge in [0.2, 0.25) is 11.8 Å². The van der Waals surface area contributed by atoms with Gasteiger partial charge in [-0.15, -0.1) is 13.2 Å². The number of methoxy groups -OCH3 is 1. The van der Waals surface area contributed by atoms with Crippen LogP contribution in [0.2, 0.25) is 0 Å². The second-order valence-electron chi connectivity index (χ2n) is 13.5. The summed E-state index contributed by atoms with van der Waals surface area (Å²) in [7, 11) is 1.50. The fourth-order valence-electron chi connectivity index (χ4n) is 8.08. The van der Waals surface area contributed by atoms with E-state index < -0.39 is 53.6 Å². The summed E-state index contributed by atoms with van der Waals surface area (Å²) in [4.78, 5) is 59.7. The van der Waals surface area contributed by atoms with Crippen molar-refractivity contribution in [3.63, 3.8) is 0 Å². The lowest BCUT2D eigenvalue weighted by molar-refractivity contribution is -0.163. The van der Waals surface area contributed by atoms with Gasteiger partial charge in [0.15, 0.2) is 0 Å². The molecular formula is C39H48BrN3O8. The fourth-order valence-corrected chi connectivity index (χ4v) is 9.03. The van der Waals surface area contributed by atoms with Gasteiger partial charge in [-0.2, -0.15) is 0 Å². The number of carbonyl (C=O) groups excluding carboxylic acids is 4. The van der Waals surface area contributed by atoms with Crippen LogP contribution in [0.5, 0.6) is 0 Å². The van der Waals surface area contributed by atoms with Crippen LogP contribution in [0.1, 0.15) is 48.5 Å². The molecule has 2 N–H and O–H groups in total. The van der Waals surface area contributed by atoms with Gasteiger partial charge < -0.3 is 34.4 Å². The number of halogens is 1. The molecule has 3 saturated heterocycles. The molecule has 2 aromatic carbocycles. The molecule has 3 amide bonds. The summed E-state index contributed by atoms with van der Waals surface area (Å²) in [5.41, 5.74) is 1.79. The van der Waals surface area contributed by atoms with E-state index in [9.17, 15) is 24.3 Å². The molecule has 3 heterocycles. The molecule has 3 fully saturated rings. The molecule has 3 aliphatic heterocycles. The number of nitrogens with zero attached hydrogens (tertiary/aromatic N) is 2. The number of alkyl halides is 1. The Kier molecular flexibility index (Phi) is 12.5. The second-order valence-corrected chi connectivity index (χ2v) is 14.7. The molecule has 12 heteroatoms. The molecule has 8 atom stereocenters. The minimum atomic E-state index is -1.34. The first-order valence-electron chi connectivity index (χ1n) is 17.4. The van der Waals surface area contributed by atoms with E-state index in [4.69, 9.17) is 14.2 Å². The van der Waals surface area contributed by atoms with Crippen LogP contribution in [0.25, 0.3) is 0 Å². The number of aliphatic hydroxyl groups is 1. The number of aryl methyl sites for hydroxylation is 2. The number of esters is 1. The molecule has 0 saturated carbocycles. The first kappa shape index (κ1) is 38.4. The molecule has 0 aliphatic carbocycles. The molecular weight excluding hydrogens is 718 g/mol. The van der Waals surface area contributed by atoms with Crippen molar-refractivity contribution in [2.75, 3.05) is 38.3 Å². The Labute approximate surface area is 308 Å². The van der Waals surface area contributed by atoms with Gasteiger partial charge in [-0.05, 0) is 49.8 Å². The summed E-state index contributed by atoms with van der Waals surface area (Å²) >= 11 is 3.73. The number of anilines is 1. The van der Waals surface area contributed by atoms with E-state index in [-0.39, 0.29) is 55.8 Å². The lowest BCUT2D eigenvalue weighted by Gasteiger charge is -2.38. The first-order chi connectivity index (χ1) is 24.5. The number of nitrogens with one attached hydrogen (secondary N) is 1. The van der Waals surface area contributed by atoms with E-state index >= 15 is 0 Å². The fraction of sp³-hybridized carbons (Fsp3) is 0.487. The first-order valence-corrected chi connectivity index (χ1v) is 18.3. The van der Waals surface area contributed by atoms with Crippen molar-refractivity contribution in [3.8, 4) is 0 Å². The molecule has 1 unspecified atom stereocenters. The van der Waals surface area contributed by atoms with Crippen molar-refractivity contribution in [3.05, 3.63) is 90.5 Å². The molecule has 1 spiro atoms. The average Bonchev–Trinajstić information content (AvgIpc) is 3.71. The van der Waals surface area contributed by atoms with Crippen molar-refractivity contribution in [2.24, 2.45) is 11.8 Å². The van der Waals surface area contributed by atoms with E-state index in [0.717, 1.165) is 16.8 Å². The summed E-state index contributed by atoms with van der Waals surface area (Å²) in [6, 6.07) is 13.0. The smallest absolute Gasteiger partial charge is 0.313 e. The molecule has 274 valence electrons. The average molecular weight is 767 g/mol. The van der Waals surface area contributed by atoms with Crippen LogP contribution in [0.15, 0.2) is 73.8 Å². The van der Waals surface area contributed by atoms with Crippen LogP contribution < -0.4 is 10.2 Å². The standard InChI is InChI=1S/C39H48BrN3O8/c1-6-8-18-29(45)41-28(23-49-5)33(26-16-10-9-11-17-26)50-38(48)30-31-36(46)43(20-13-21-44)35(39(31)22-27(40)34(30)51-39)37(47)42(19-7-2)32-24(3)14-12-15-25(32)4/h6-7,9-12,14-17,27-28,30-31,33-35,44H,1-2,8,13,18-23H2,3-5H3,(H,41,45)/t27?,28-,30-,31+,33-,34-,35-,39+/m0/s1. The van der Waals surface area contributed by atoms with Crippen molar-refractivity contribution < 1.29 is 38.5 Å². The van der Waals surface area contributed by atoms with Gasteiger partial charge in [-0.3, -0.25) is 19.2 Å². The van der Waals surface area contributed by atoms with Crippen LogP contribution in [0.4, 0.5) is 5.69 Å². The normalized spacial score (nSPS) is 25.9.